The van der Waals surface area contributed by atoms with E-state index in [0.29, 0.717) is 0 Å². The van der Waals surface area contributed by atoms with Crippen LogP contribution in [0, 0.1) is 0 Å². The van der Waals surface area contributed by atoms with Crippen molar-refractivity contribution in [3.8, 4) is 5.75 Å². The molecule has 0 atom stereocenters. The number of carboxylic acid groups (broad SMARTS) is 1. The lowest BCUT2D eigenvalue weighted by Gasteiger charge is -2.01. The van der Waals surface area contributed by atoms with Gasteiger partial charge in [-0.25, -0.2) is 9.78 Å². The molecule has 1 aromatic rings. The van der Waals surface area contributed by atoms with Crippen molar-refractivity contribution in [2.45, 2.75) is 6.92 Å². The summed E-state index contributed by atoms with van der Waals surface area (Å²) in [4.78, 5) is 24.9. The van der Waals surface area contributed by atoms with Crippen molar-refractivity contribution in [3.05, 3.63) is 23.5 Å². The first-order valence-electron chi connectivity index (χ1n) is 3.46. The Morgan fingerprint density at radius 2 is 2.08 bits per heavy atom. The van der Waals surface area contributed by atoms with Crippen molar-refractivity contribution in [2.24, 2.45) is 0 Å². The molecule has 1 rings (SSSR count). The molecule has 5 heteroatoms. The third kappa shape index (κ3) is 1.64. The van der Waals surface area contributed by atoms with Crippen LogP contribution < -0.4 is 0 Å². The first kappa shape index (κ1) is 9.18. The number of rotatable bonds is 2. The van der Waals surface area contributed by atoms with Crippen LogP contribution in [0.3, 0.4) is 0 Å². The molecule has 0 aliphatic carbocycles. The molecule has 0 bridgehead atoms. The molecule has 1 heterocycles. The molecule has 0 aliphatic rings. The Bertz CT molecular complexity index is 340. The SMILES string of the molecule is CC(=O)c1nccc(C(=O)O)c1O. The second-order valence-corrected chi connectivity index (χ2v) is 2.42. The number of Topliss-reactive ketones (excluding diaryl/α,β-unsaturated/α-hetero) is 1. The first-order chi connectivity index (χ1) is 6.04. The van der Waals surface area contributed by atoms with Gasteiger partial charge in [-0.2, -0.15) is 0 Å². The Morgan fingerprint density at radius 1 is 1.46 bits per heavy atom. The Labute approximate surface area is 73.7 Å². The van der Waals surface area contributed by atoms with Crippen LogP contribution in [0.15, 0.2) is 12.3 Å². The van der Waals surface area contributed by atoms with Gasteiger partial charge in [0.15, 0.2) is 11.5 Å². The highest BCUT2D eigenvalue weighted by Crippen LogP contribution is 2.20. The predicted octanol–water partition coefficient (Wildman–Crippen LogP) is 0.688. The van der Waals surface area contributed by atoms with E-state index in [1.54, 1.807) is 0 Å². The molecule has 0 saturated heterocycles. The topological polar surface area (TPSA) is 87.5 Å². The molecular formula is C8H7NO4. The number of aromatic hydroxyl groups is 1. The van der Waals surface area contributed by atoms with E-state index in [-0.39, 0.29) is 11.3 Å². The standard InChI is InChI=1S/C8H7NO4/c1-4(10)6-7(11)5(8(12)13)2-3-9-6/h2-3,11H,1H3,(H,12,13). The zero-order valence-corrected chi connectivity index (χ0v) is 6.81. The minimum absolute atomic E-state index is 0.222. The molecule has 1 aromatic heterocycles. The van der Waals surface area contributed by atoms with Crippen LogP contribution in [0.1, 0.15) is 27.8 Å². The van der Waals surface area contributed by atoms with Gasteiger partial charge in [0.1, 0.15) is 11.3 Å². The molecule has 13 heavy (non-hydrogen) atoms. The summed E-state index contributed by atoms with van der Waals surface area (Å²) < 4.78 is 0. The van der Waals surface area contributed by atoms with Gasteiger partial charge in [-0.15, -0.1) is 0 Å². The third-order valence-corrected chi connectivity index (χ3v) is 1.49. The van der Waals surface area contributed by atoms with E-state index < -0.39 is 17.5 Å². The molecule has 5 nitrogen and oxygen atoms in total. The van der Waals surface area contributed by atoms with Gasteiger partial charge in [0.05, 0.1) is 0 Å². The van der Waals surface area contributed by atoms with E-state index in [2.05, 4.69) is 4.98 Å². The zero-order valence-electron chi connectivity index (χ0n) is 6.81. The molecule has 0 aromatic carbocycles. The Hall–Kier alpha value is -1.91. The van der Waals surface area contributed by atoms with Crippen molar-refractivity contribution >= 4 is 11.8 Å². The first-order valence-corrected chi connectivity index (χ1v) is 3.46. The summed E-state index contributed by atoms with van der Waals surface area (Å²) in [5, 5.41) is 17.8. The minimum atomic E-state index is -1.29. The number of hydrogen-bond acceptors (Lipinski definition) is 4. The van der Waals surface area contributed by atoms with Crippen molar-refractivity contribution < 1.29 is 19.8 Å². The van der Waals surface area contributed by atoms with E-state index in [1.807, 2.05) is 0 Å². The van der Waals surface area contributed by atoms with Gasteiger partial charge in [-0.3, -0.25) is 4.79 Å². The van der Waals surface area contributed by atoms with E-state index in [0.717, 1.165) is 6.07 Å². The lowest BCUT2D eigenvalue weighted by molar-refractivity contribution is 0.0693. The number of pyridine rings is 1. The van der Waals surface area contributed by atoms with Gasteiger partial charge < -0.3 is 10.2 Å². The maximum Gasteiger partial charge on any atom is 0.339 e. The lowest BCUT2D eigenvalue weighted by Crippen LogP contribution is -2.03. The molecule has 0 spiro atoms. The largest absolute Gasteiger partial charge is 0.505 e. The quantitative estimate of drug-likeness (QED) is 0.655. The number of ketones is 1. The third-order valence-electron chi connectivity index (χ3n) is 1.49. The number of carbonyl (C=O) groups excluding carboxylic acids is 1. The molecule has 2 N–H and O–H groups in total. The summed E-state index contributed by atoms with van der Waals surface area (Å²) in [6.45, 7) is 1.20. The van der Waals surface area contributed by atoms with Crippen LogP contribution in [0.2, 0.25) is 0 Å². The minimum Gasteiger partial charge on any atom is -0.505 e. The maximum absolute atomic E-state index is 10.8. The molecule has 0 aliphatic heterocycles. The maximum atomic E-state index is 10.8. The van der Waals surface area contributed by atoms with Gasteiger partial charge in [0.25, 0.3) is 0 Å². The molecular weight excluding hydrogens is 174 g/mol. The van der Waals surface area contributed by atoms with E-state index in [4.69, 9.17) is 5.11 Å². The number of nitrogens with zero attached hydrogens (tertiary/aromatic N) is 1. The highest BCUT2D eigenvalue weighted by molar-refractivity contribution is 5.99. The van der Waals surface area contributed by atoms with E-state index >= 15 is 0 Å². The predicted molar refractivity (Wildman–Crippen MR) is 42.9 cm³/mol. The van der Waals surface area contributed by atoms with Crippen LogP contribution in [-0.4, -0.2) is 26.9 Å². The van der Waals surface area contributed by atoms with E-state index in [9.17, 15) is 14.7 Å². The van der Waals surface area contributed by atoms with Crippen LogP contribution in [0.25, 0.3) is 0 Å². The molecule has 0 fully saturated rings. The number of aromatic carboxylic acids is 1. The van der Waals surface area contributed by atoms with Crippen molar-refractivity contribution in [2.75, 3.05) is 0 Å². The highest BCUT2D eigenvalue weighted by atomic mass is 16.4. The van der Waals surface area contributed by atoms with Gasteiger partial charge in [-0.05, 0) is 6.07 Å². The second-order valence-electron chi connectivity index (χ2n) is 2.42. The number of carboxylic acids is 1. The Balaban J connectivity index is 3.35. The molecule has 0 unspecified atom stereocenters. The summed E-state index contributed by atoms with van der Waals surface area (Å²) >= 11 is 0. The van der Waals surface area contributed by atoms with Gasteiger partial charge >= 0.3 is 5.97 Å². The smallest absolute Gasteiger partial charge is 0.339 e. The van der Waals surface area contributed by atoms with Crippen LogP contribution in [-0.2, 0) is 0 Å². The Morgan fingerprint density at radius 3 is 2.54 bits per heavy atom. The van der Waals surface area contributed by atoms with Crippen molar-refractivity contribution in [1.82, 2.24) is 4.98 Å². The number of hydrogen-bond donors (Lipinski definition) is 2. The summed E-state index contributed by atoms with van der Waals surface area (Å²) in [6.07, 6.45) is 1.17. The Kier molecular flexibility index (Phi) is 2.27. The molecule has 0 amide bonds. The molecule has 0 saturated carbocycles. The average Bonchev–Trinajstić information content (AvgIpc) is 2.03. The van der Waals surface area contributed by atoms with E-state index in [1.165, 1.54) is 13.1 Å². The van der Waals surface area contributed by atoms with Gasteiger partial charge in [0, 0.05) is 13.1 Å². The van der Waals surface area contributed by atoms with Crippen molar-refractivity contribution in [1.29, 1.82) is 0 Å². The summed E-state index contributed by atoms with van der Waals surface area (Å²) in [5.74, 6) is -2.34. The fraction of sp³-hybridized carbons (Fsp3) is 0.125. The summed E-state index contributed by atoms with van der Waals surface area (Å²) in [6, 6.07) is 1.13. The second kappa shape index (κ2) is 3.22. The van der Waals surface area contributed by atoms with Crippen LogP contribution in [0.4, 0.5) is 0 Å². The zero-order chi connectivity index (χ0) is 10.0. The molecule has 68 valence electrons. The number of aromatic nitrogens is 1. The monoisotopic (exact) mass is 181 g/mol. The summed E-state index contributed by atoms with van der Waals surface area (Å²) in [5.41, 5.74) is -0.542. The normalized spacial score (nSPS) is 9.62. The fourth-order valence-electron chi connectivity index (χ4n) is 0.884. The van der Waals surface area contributed by atoms with Crippen LogP contribution in [0.5, 0.6) is 5.75 Å². The average molecular weight is 181 g/mol. The fourth-order valence-corrected chi connectivity index (χ4v) is 0.884. The number of carbonyl (C=O) groups is 2. The van der Waals surface area contributed by atoms with Crippen LogP contribution >= 0.6 is 0 Å². The van der Waals surface area contributed by atoms with Gasteiger partial charge in [0.2, 0.25) is 0 Å². The van der Waals surface area contributed by atoms with Gasteiger partial charge in [-0.1, -0.05) is 0 Å². The molecule has 0 radical (unpaired) electrons. The lowest BCUT2D eigenvalue weighted by atomic mass is 10.1. The summed E-state index contributed by atoms with van der Waals surface area (Å²) in [7, 11) is 0. The van der Waals surface area contributed by atoms with Crippen molar-refractivity contribution in [3.63, 3.8) is 0 Å². The highest BCUT2D eigenvalue weighted by Gasteiger charge is 2.16.